The summed E-state index contributed by atoms with van der Waals surface area (Å²) in [4.78, 5) is -0.0239. The van der Waals surface area contributed by atoms with Crippen LogP contribution in [-0.2, 0) is 36.5 Å². The Morgan fingerprint density at radius 1 is 0.903 bits per heavy atom. The van der Waals surface area contributed by atoms with Gasteiger partial charge in [0.05, 0.1) is 27.4 Å². The minimum absolute atomic E-state index is 0.0111. The topological polar surface area (TPSA) is 130 Å². The molecular weight excluding hydrogens is 462 g/mol. The number of hydrogen-bond donors (Lipinski definition) is 2. The maximum absolute atomic E-state index is 13.3. The highest BCUT2D eigenvalue weighted by molar-refractivity contribution is 7.93. The van der Waals surface area contributed by atoms with Crippen LogP contribution in [0.5, 0.6) is 0 Å². The summed E-state index contributed by atoms with van der Waals surface area (Å²) in [6.45, 7) is 0.237. The van der Waals surface area contributed by atoms with E-state index in [2.05, 4.69) is 9.44 Å². The molecular formula is C19H23N3O6S3. The first-order valence-corrected chi connectivity index (χ1v) is 14.5. The Balaban J connectivity index is 1.67. The normalized spacial score (nSPS) is 17.3. The van der Waals surface area contributed by atoms with E-state index in [-0.39, 0.29) is 22.4 Å². The minimum atomic E-state index is -3.97. The number of nitrogens with zero attached hydrogens (tertiary/aromatic N) is 1. The van der Waals surface area contributed by atoms with Gasteiger partial charge in [-0.15, -0.1) is 0 Å². The second-order valence-corrected chi connectivity index (χ2v) is 13.0. The predicted molar refractivity (Wildman–Crippen MR) is 118 cm³/mol. The Hall–Kier alpha value is -2.15. The molecule has 0 atom stereocenters. The molecule has 168 valence electrons. The Bertz CT molecular complexity index is 1320. The van der Waals surface area contributed by atoms with Crippen molar-refractivity contribution in [2.24, 2.45) is 0 Å². The summed E-state index contributed by atoms with van der Waals surface area (Å²) in [5.41, 5.74) is 1.37. The van der Waals surface area contributed by atoms with Crippen molar-refractivity contribution >= 4 is 41.4 Å². The van der Waals surface area contributed by atoms with Gasteiger partial charge in [-0.05, 0) is 62.1 Å². The summed E-state index contributed by atoms with van der Waals surface area (Å²) in [5.74, 6) is 0. The second-order valence-electron chi connectivity index (χ2n) is 7.73. The van der Waals surface area contributed by atoms with Crippen molar-refractivity contribution < 1.29 is 25.3 Å². The van der Waals surface area contributed by atoms with Crippen molar-refractivity contribution in [2.45, 2.75) is 41.5 Å². The summed E-state index contributed by atoms with van der Waals surface area (Å²) in [7, 11) is -11.2. The molecule has 0 saturated heterocycles. The fraction of sp³-hybridized carbons (Fsp3) is 0.368. The predicted octanol–water partition coefficient (Wildman–Crippen LogP) is 1.64. The third-order valence-electron chi connectivity index (χ3n) is 5.12. The molecule has 1 saturated carbocycles. The molecule has 0 spiro atoms. The zero-order valence-electron chi connectivity index (χ0n) is 16.8. The maximum Gasteiger partial charge on any atom is 0.264 e. The van der Waals surface area contributed by atoms with Crippen LogP contribution >= 0.6 is 0 Å². The SMILES string of the molecule is CS(=O)(=O)Nc1cccc2c1CCCN2S(=O)(=O)c1ccc(S(=O)(=O)NC2CC2)cc1. The van der Waals surface area contributed by atoms with Gasteiger partial charge in [-0.1, -0.05) is 6.07 Å². The molecule has 0 aromatic heterocycles. The fourth-order valence-corrected chi connectivity index (χ4v) is 6.97. The van der Waals surface area contributed by atoms with Gasteiger partial charge in [-0.25, -0.2) is 30.0 Å². The van der Waals surface area contributed by atoms with Gasteiger partial charge in [0.1, 0.15) is 0 Å². The number of fused-ring (bicyclic) bond motifs is 1. The van der Waals surface area contributed by atoms with Gasteiger partial charge in [0.15, 0.2) is 0 Å². The molecule has 2 aromatic carbocycles. The Morgan fingerprint density at radius 3 is 2.16 bits per heavy atom. The molecule has 0 amide bonds. The van der Waals surface area contributed by atoms with Crippen LogP contribution in [0.3, 0.4) is 0 Å². The van der Waals surface area contributed by atoms with Crippen LogP contribution in [-0.4, -0.2) is 44.1 Å². The molecule has 12 heteroatoms. The molecule has 2 aliphatic rings. The fourth-order valence-electron chi connectivity index (χ4n) is 3.54. The van der Waals surface area contributed by atoms with Gasteiger partial charge in [0.25, 0.3) is 10.0 Å². The maximum atomic E-state index is 13.3. The van der Waals surface area contributed by atoms with Crippen LogP contribution < -0.4 is 13.7 Å². The number of rotatable bonds is 7. The third-order valence-corrected chi connectivity index (χ3v) is 9.08. The van der Waals surface area contributed by atoms with Gasteiger partial charge < -0.3 is 0 Å². The van der Waals surface area contributed by atoms with Crippen LogP contribution in [0.2, 0.25) is 0 Å². The smallest absolute Gasteiger partial charge is 0.264 e. The van der Waals surface area contributed by atoms with Crippen molar-refractivity contribution in [3.05, 3.63) is 48.0 Å². The molecule has 0 unspecified atom stereocenters. The van der Waals surface area contributed by atoms with E-state index in [0.29, 0.717) is 29.8 Å². The molecule has 0 bridgehead atoms. The summed E-state index contributed by atoms with van der Waals surface area (Å²) < 4.78 is 80.9. The molecule has 0 radical (unpaired) electrons. The largest absolute Gasteiger partial charge is 0.283 e. The van der Waals surface area contributed by atoms with Crippen molar-refractivity contribution in [2.75, 3.05) is 21.8 Å². The van der Waals surface area contributed by atoms with Gasteiger partial charge in [-0.2, -0.15) is 0 Å². The first-order valence-electron chi connectivity index (χ1n) is 9.72. The average Bonchev–Trinajstić information content (AvgIpc) is 3.50. The van der Waals surface area contributed by atoms with Crippen molar-refractivity contribution in [1.82, 2.24) is 4.72 Å². The van der Waals surface area contributed by atoms with Crippen LogP contribution in [0, 0.1) is 0 Å². The first-order chi connectivity index (χ1) is 14.5. The number of anilines is 2. The van der Waals surface area contributed by atoms with Gasteiger partial charge >= 0.3 is 0 Å². The molecule has 9 nitrogen and oxygen atoms in total. The van der Waals surface area contributed by atoms with E-state index in [1.54, 1.807) is 18.2 Å². The summed E-state index contributed by atoms with van der Waals surface area (Å²) in [6.07, 6.45) is 3.69. The zero-order chi connectivity index (χ0) is 22.4. The van der Waals surface area contributed by atoms with Gasteiger partial charge in [0.2, 0.25) is 20.0 Å². The minimum Gasteiger partial charge on any atom is -0.283 e. The highest BCUT2D eigenvalue weighted by Crippen LogP contribution is 2.36. The molecule has 1 aliphatic heterocycles. The molecule has 1 aliphatic carbocycles. The Labute approximate surface area is 182 Å². The standard InChI is InChI=1S/C19H23N3O6S3/c1-29(23,24)21-18-5-2-6-19-17(18)4-3-13-22(19)31(27,28)16-11-9-15(10-12-16)30(25,26)20-14-7-8-14/h2,5-6,9-12,14,20-21H,3-4,7-8,13H2,1H3. The lowest BCUT2D eigenvalue weighted by Crippen LogP contribution is -2.36. The van der Waals surface area contributed by atoms with E-state index in [4.69, 9.17) is 0 Å². The molecule has 4 rings (SSSR count). The summed E-state index contributed by atoms with van der Waals surface area (Å²) in [5, 5.41) is 0. The number of nitrogens with one attached hydrogen (secondary N) is 2. The van der Waals surface area contributed by atoms with Crippen LogP contribution in [0.15, 0.2) is 52.3 Å². The van der Waals surface area contributed by atoms with Crippen molar-refractivity contribution in [3.8, 4) is 0 Å². The van der Waals surface area contributed by atoms with Crippen molar-refractivity contribution in [1.29, 1.82) is 0 Å². The Morgan fingerprint density at radius 2 is 1.55 bits per heavy atom. The highest BCUT2D eigenvalue weighted by atomic mass is 32.2. The van der Waals surface area contributed by atoms with E-state index in [1.165, 1.54) is 28.6 Å². The monoisotopic (exact) mass is 485 g/mol. The lowest BCUT2D eigenvalue weighted by molar-refractivity contribution is 0.579. The summed E-state index contributed by atoms with van der Waals surface area (Å²) >= 11 is 0. The zero-order valence-corrected chi connectivity index (χ0v) is 19.2. The second kappa shape index (κ2) is 7.76. The lowest BCUT2D eigenvalue weighted by atomic mass is 10.0. The quantitative estimate of drug-likeness (QED) is 0.613. The van der Waals surface area contributed by atoms with Gasteiger partial charge in [-0.3, -0.25) is 9.03 Å². The molecule has 2 aromatic rings. The number of benzene rings is 2. The van der Waals surface area contributed by atoms with Crippen LogP contribution in [0.1, 0.15) is 24.8 Å². The molecule has 2 N–H and O–H groups in total. The Kier molecular flexibility index (Phi) is 5.53. The number of sulfonamides is 3. The molecule has 31 heavy (non-hydrogen) atoms. The number of hydrogen-bond acceptors (Lipinski definition) is 6. The first kappa shape index (κ1) is 22.1. The van der Waals surface area contributed by atoms with Crippen LogP contribution in [0.25, 0.3) is 0 Å². The van der Waals surface area contributed by atoms with Crippen LogP contribution in [0.4, 0.5) is 11.4 Å². The average molecular weight is 486 g/mol. The third kappa shape index (κ3) is 4.71. The van der Waals surface area contributed by atoms with E-state index in [0.717, 1.165) is 19.1 Å². The van der Waals surface area contributed by atoms with E-state index in [9.17, 15) is 25.3 Å². The van der Waals surface area contributed by atoms with E-state index >= 15 is 0 Å². The molecule has 1 heterocycles. The highest BCUT2D eigenvalue weighted by Gasteiger charge is 2.32. The summed E-state index contributed by atoms with van der Waals surface area (Å²) in [6, 6.07) is 9.91. The van der Waals surface area contributed by atoms with E-state index < -0.39 is 30.1 Å². The van der Waals surface area contributed by atoms with Gasteiger partial charge in [0, 0.05) is 18.2 Å². The molecule has 1 fully saturated rings. The lowest BCUT2D eigenvalue weighted by Gasteiger charge is -2.31. The van der Waals surface area contributed by atoms with Crippen molar-refractivity contribution in [3.63, 3.8) is 0 Å². The van der Waals surface area contributed by atoms with E-state index in [1.807, 2.05) is 0 Å².